The van der Waals surface area contributed by atoms with Gasteiger partial charge in [-0.05, 0) is 24.6 Å². The quantitative estimate of drug-likeness (QED) is 0.791. The van der Waals surface area contributed by atoms with E-state index in [-0.39, 0.29) is 0 Å². The van der Waals surface area contributed by atoms with Gasteiger partial charge in [-0.15, -0.1) is 0 Å². The van der Waals surface area contributed by atoms with E-state index in [1.54, 1.807) is 12.5 Å². The smallest absolute Gasteiger partial charge is 0.131 e. The van der Waals surface area contributed by atoms with E-state index in [2.05, 4.69) is 22.1 Å². The number of imidazole rings is 1. The Morgan fingerprint density at radius 2 is 1.85 bits per heavy atom. The van der Waals surface area contributed by atoms with Gasteiger partial charge >= 0.3 is 0 Å². The van der Waals surface area contributed by atoms with Crippen LogP contribution in [0.2, 0.25) is 0 Å². The Kier molecular flexibility index (Phi) is 3.21. The largest absolute Gasteiger partial charge is 0.383 e. The summed E-state index contributed by atoms with van der Waals surface area (Å²) in [5.41, 5.74) is 10.1. The molecule has 0 amide bonds. The summed E-state index contributed by atoms with van der Waals surface area (Å²) < 4.78 is 1.95. The molecule has 2 heterocycles. The third-order valence-electron chi connectivity index (χ3n) is 3.26. The van der Waals surface area contributed by atoms with Crippen molar-refractivity contribution in [3.63, 3.8) is 0 Å². The molecule has 20 heavy (non-hydrogen) atoms. The van der Waals surface area contributed by atoms with Crippen molar-refractivity contribution in [2.45, 2.75) is 13.5 Å². The third-order valence-corrected chi connectivity index (χ3v) is 3.26. The summed E-state index contributed by atoms with van der Waals surface area (Å²) in [6.07, 6.45) is 3.58. The van der Waals surface area contributed by atoms with Gasteiger partial charge in [-0.1, -0.05) is 30.3 Å². The van der Waals surface area contributed by atoms with Crippen LogP contribution in [0.15, 0.2) is 55.0 Å². The van der Waals surface area contributed by atoms with Crippen molar-refractivity contribution in [2.75, 3.05) is 5.73 Å². The molecule has 0 atom stereocenters. The topological polar surface area (TPSA) is 56.7 Å². The van der Waals surface area contributed by atoms with E-state index in [9.17, 15) is 0 Å². The number of benzene rings is 1. The first kappa shape index (κ1) is 12.4. The van der Waals surface area contributed by atoms with Crippen LogP contribution in [0.1, 0.15) is 11.3 Å². The molecule has 4 nitrogen and oxygen atoms in total. The fraction of sp³-hybridized carbons (Fsp3) is 0.125. The van der Waals surface area contributed by atoms with Crippen LogP contribution in [0, 0.1) is 6.92 Å². The van der Waals surface area contributed by atoms with Gasteiger partial charge < -0.3 is 10.3 Å². The van der Waals surface area contributed by atoms with Crippen LogP contribution in [0.5, 0.6) is 0 Å². The number of anilines is 1. The lowest BCUT2D eigenvalue weighted by atomic mass is 10.2. The second kappa shape index (κ2) is 5.17. The first-order valence-electron chi connectivity index (χ1n) is 6.51. The molecule has 0 radical (unpaired) electrons. The number of hydrogen-bond donors (Lipinski definition) is 1. The zero-order valence-corrected chi connectivity index (χ0v) is 11.3. The molecule has 100 valence electrons. The molecule has 3 aromatic rings. The zero-order chi connectivity index (χ0) is 13.9. The Bertz CT molecular complexity index is 699. The lowest BCUT2D eigenvalue weighted by molar-refractivity contribution is 0.808. The highest BCUT2D eigenvalue weighted by atomic mass is 15.1. The summed E-state index contributed by atoms with van der Waals surface area (Å²) in [6, 6.07) is 14.2. The van der Waals surface area contributed by atoms with E-state index in [1.807, 2.05) is 41.8 Å². The van der Waals surface area contributed by atoms with E-state index in [0.29, 0.717) is 5.82 Å². The molecule has 0 fully saturated rings. The molecule has 0 unspecified atom stereocenters. The Morgan fingerprint density at radius 3 is 2.55 bits per heavy atom. The van der Waals surface area contributed by atoms with E-state index in [1.165, 1.54) is 5.56 Å². The molecule has 0 saturated carbocycles. The Morgan fingerprint density at radius 1 is 1.05 bits per heavy atom. The van der Waals surface area contributed by atoms with E-state index in [4.69, 9.17) is 5.73 Å². The van der Waals surface area contributed by atoms with Crippen molar-refractivity contribution in [1.29, 1.82) is 0 Å². The number of nitrogen functional groups attached to an aromatic ring is 1. The lowest BCUT2D eigenvalue weighted by Gasteiger charge is -2.06. The van der Waals surface area contributed by atoms with Gasteiger partial charge in [-0.2, -0.15) is 0 Å². The van der Waals surface area contributed by atoms with Gasteiger partial charge in [0.25, 0.3) is 0 Å². The SMILES string of the molecule is Cc1ccc(-c2ncn(Cc3ccccc3)c2N)cn1. The van der Waals surface area contributed by atoms with Gasteiger partial charge in [-0.3, -0.25) is 4.98 Å². The van der Waals surface area contributed by atoms with E-state index in [0.717, 1.165) is 23.5 Å². The van der Waals surface area contributed by atoms with Crippen molar-refractivity contribution in [3.05, 3.63) is 66.2 Å². The minimum Gasteiger partial charge on any atom is -0.383 e. The highest BCUT2D eigenvalue weighted by Gasteiger charge is 2.10. The van der Waals surface area contributed by atoms with Crippen LogP contribution in [-0.2, 0) is 6.54 Å². The highest BCUT2D eigenvalue weighted by molar-refractivity contribution is 5.69. The number of pyridine rings is 1. The molecule has 0 bridgehead atoms. The van der Waals surface area contributed by atoms with Crippen molar-refractivity contribution in [1.82, 2.24) is 14.5 Å². The predicted molar refractivity (Wildman–Crippen MR) is 80.2 cm³/mol. The summed E-state index contributed by atoms with van der Waals surface area (Å²) in [7, 11) is 0. The van der Waals surface area contributed by atoms with E-state index >= 15 is 0 Å². The van der Waals surface area contributed by atoms with Gasteiger partial charge in [0.1, 0.15) is 11.5 Å². The molecule has 0 aliphatic rings. The van der Waals surface area contributed by atoms with Crippen molar-refractivity contribution >= 4 is 5.82 Å². The fourth-order valence-corrected chi connectivity index (χ4v) is 2.13. The maximum atomic E-state index is 6.19. The molecule has 0 spiro atoms. The van der Waals surface area contributed by atoms with Gasteiger partial charge in [-0.25, -0.2) is 4.98 Å². The molecular formula is C16H16N4. The molecule has 3 rings (SSSR count). The maximum absolute atomic E-state index is 6.19. The van der Waals surface area contributed by atoms with Gasteiger partial charge in [0.15, 0.2) is 0 Å². The van der Waals surface area contributed by atoms with Crippen molar-refractivity contribution in [2.24, 2.45) is 0 Å². The summed E-state index contributed by atoms with van der Waals surface area (Å²) in [4.78, 5) is 8.69. The highest BCUT2D eigenvalue weighted by Crippen LogP contribution is 2.24. The number of nitrogens with zero attached hydrogens (tertiary/aromatic N) is 3. The average molecular weight is 264 g/mol. The molecule has 1 aromatic carbocycles. The number of aryl methyl sites for hydroxylation is 1. The number of rotatable bonds is 3. The monoisotopic (exact) mass is 264 g/mol. The standard InChI is InChI=1S/C16H16N4/c1-12-7-8-14(9-18-12)15-16(17)20(11-19-15)10-13-5-3-2-4-6-13/h2-9,11H,10,17H2,1H3. The Hall–Kier alpha value is -2.62. The van der Waals surface area contributed by atoms with Crippen molar-refractivity contribution < 1.29 is 0 Å². The van der Waals surface area contributed by atoms with Gasteiger partial charge in [0.05, 0.1) is 12.9 Å². The fourth-order valence-electron chi connectivity index (χ4n) is 2.13. The number of nitrogens with two attached hydrogens (primary N) is 1. The molecule has 2 N–H and O–H groups in total. The van der Waals surface area contributed by atoms with Crippen LogP contribution >= 0.6 is 0 Å². The molecule has 0 aliphatic heterocycles. The number of hydrogen-bond acceptors (Lipinski definition) is 3. The minimum atomic E-state index is 0.666. The second-order valence-corrected chi connectivity index (χ2v) is 4.78. The predicted octanol–water partition coefficient (Wildman–Crippen LogP) is 2.88. The van der Waals surface area contributed by atoms with Crippen LogP contribution in [0.3, 0.4) is 0 Å². The first-order chi connectivity index (χ1) is 9.74. The summed E-state index contributed by atoms with van der Waals surface area (Å²) in [5.74, 6) is 0.666. The Balaban J connectivity index is 1.91. The normalized spacial score (nSPS) is 10.7. The van der Waals surface area contributed by atoms with Gasteiger partial charge in [0.2, 0.25) is 0 Å². The van der Waals surface area contributed by atoms with Crippen LogP contribution in [0.4, 0.5) is 5.82 Å². The van der Waals surface area contributed by atoms with Crippen molar-refractivity contribution in [3.8, 4) is 11.3 Å². The molecule has 4 heteroatoms. The van der Waals surface area contributed by atoms with Crippen LogP contribution in [0.25, 0.3) is 11.3 Å². The zero-order valence-electron chi connectivity index (χ0n) is 11.3. The second-order valence-electron chi connectivity index (χ2n) is 4.78. The van der Waals surface area contributed by atoms with Crippen LogP contribution < -0.4 is 5.73 Å². The van der Waals surface area contributed by atoms with Gasteiger partial charge in [0, 0.05) is 17.5 Å². The molecule has 0 saturated heterocycles. The lowest BCUT2D eigenvalue weighted by Crippen LogP contribution is -2.03. The summed E-state index contributed by atoms with van der Waals surface area (Å²) in [6.45, 7) is 2.68. The molecular weight excluding hydrogens is 248 g/mol. The average Bonchev–Trinajstić information content (AvgIpc) is 2.83. The van der Waals surface area contributed by atoms with Crippen LogP contribution in [-0.4, -0.2) is 14.5 Å². The Labute approximate surface area is 117 Å². The number of aromatic nitrogens is 3. The van der Waals surface area contributed by atoms with E-state index < -0.39 is 0 Å². The summed E-state index contributed by atoms with van der Waals surface area (Å²) >= 11 is 0. The minimum absolute atomic E-state index is 0.666. The summed E-state index contributed by atoms with van der Waals surface area (Å²) in [5, 5.41) is 0. The molecule has 2 aromatic heterocycles. The molecule has 0 aliphatic carbocycles. The first-order valence-corrected chi connectivity index (χ1v) is 6.51. The maximum Gasteiger partial charge on any atom is 0.131 e. The third kappa shape index (κ3) is 2.40.